The average molecular weight is 251 g/mol. The summed E-state index contributed by atoms with van der Waals surface area (Å²) in [4.78, 5) is 4.00. The van der Waals surface area contributed by atoms with Crippen LogP contribution in [0, 0.1) is 0 Å². The topological polar surface area (TPSA) is 55.6 Å². The molecular formula is C14H13N5. The van der Waals surface area contributed by atoms with Crippen molar-refractivity contribution in [1.29, 1.82) is 0 Å². The fourth-order valence-electron chi connectivity index (χ4n) is 1.82. The quantitative estimate of drug-likeness (QED) is 0.773. The van der Waals surface area contributed by atoms with Gasteiger partial charge in [-0.1, -0.05) is 6.07 Å². The standard InChI is InChI=1S/C14H13N5/c1-2-13(16-9-12-4-6-15-7-5-12)8-14(3-1)19-10-17-18-11-19/h1-8,10-11,16H,9H2. The molecule has 0 saturated heterocycles. The highest BCUT2D eigenvalue weighted by Gasteiger charge is 1.98. The van der Waals surface area contributed by atoms with E-state index in [1.807, 2.05) is 34.9 Å². The monoisotopic (exact) mass is 251 g/mol. The van der Waals surface area contributed by atoms with E-state index in [0.29, 0.717) is 0 Å². The lowest BCUT2D eigenvalue weighted by Crippen LogP contribution is -2.00. The Balaban J connectivity index is 1.74. The van der Waals surface area contributed by atoms with Gasteiger partial charge >= 0.3 is 0 Å². The van der Waals surface area contributed by atoms with Gasteiger partial charge in [0.2, 0.25) is 0 Å². The molecule has 0 amide bonds. The lowest BCUT2D eigenvalue weighted by Gasteiger charge is -2.08. The van der Waals surface area contributed by atoms with Gasteiger partial charge < -0.3 is 5.32 Å². The first-order chi connectivity index (χ1) is 9.42. The Hall–Kier alpha value is -2.69. The number of benzene rings is 1. The molecule has 0 aliphatic carbocycles. The van der Waals surface area contributed by atoms with E-state index in [1.165, 1.54) is 5.56 Å². The van der Waals surface area contributed by atoms with E-state index in [2.05, 4.69) is 26.6 Å². The SMILES string of the molecule is c1cc(NCc2ccncc2)cc(-n2cnnc2)c1. The Morgan fingerprint density at radius 2 is 1.79 bits per heavy atom. The van der Waals surface area contributed by atoms with Crippen LogP contribution in [0.4, 0.5) is 5.69 Å². The Labute approximate surface area is 111 Å². The van der Waals surface area contributed by atoms with Gasteiger partial charge in [-0.25, -0.2) is 0 Å². The van der Waals surface area contributed by atoms with E-state index < -0.39 is 0 Å². The zero-order valence-electron chi connectivity index (χ0n) is 10.3. The highest BCUT2D eigenvalue weighted by molar-refractivity contribution is 5.51. The number of anilines is 1. The minimum atomic E-state index is 0.772. The van der Waals surface area contributed by atoms with E-state index >= 15 is 0 Å². The highest BCUT2D eigenvalue weighted by Crippen LogP contribution is 2.14. The van der Waals surface area contributed by atoms with Crippen molar-refractivity contribution in [2.75, 3.05) is 5.32 Å². The lowest BCUT2D eigenvalue weighted by molar-refractivity contribution is 1.05. The number of rotatable bonds is 4. The minimum Gasteiger partial charge on any atom is -0.381 e. The van der Waals surface area contributed by atoms with E-state index in [0.717, 1.165) is 17.9 Å². The first-order valence-corrected chi connectivity index (χ1v) is 6.00. The fraction of sp³-hybridized carbons (Fsp3) is 0.0714. The van der Waals surface area contributed by atoms with Crippen LogP contribution in [0.2, 0.25) is 0 Å². The van der Waals surface area contributed by atoms with Gasteiger partial charge in [0, 0.05) is 24.6 Å². The van der Waals surface area contributed by atoms with Crippen LogP contribution in [0.15, 0.2) is 61.4 Å². The summed E-state index contributed by atoms with van der Waals surface area (Å²) in [6, 6.07) is 12.1. The molecule has 2 aromatic heterocycles. The Morgan fingerprint density at radius 1 is 1.00 bits per heavy atom. The van der Waals surface area contributed by atoms with E-state index in [1.54, 1.807) is 25.0 Å². The fourth-order valence-corrected chi connectivity index (χ4v) is 1.82. The van der Waals surface area contributed by atoms with Gasteiger partial charge in [0.1, 0.15) is 12.7 Å². The molecule has 0 radical (unpaired) electrons. The normalized spacial score (nSPS) is 10.3. The number of nitrogens with zero attached hydrogens (tertiary/aromatic N) is 4. The van der Waals surface area contributed by atoms with Gasteiger partial charge in [0.25, 0.3) is 0 Å². The molecule has 2 heterocycles. The molecule has 5 nitrogen and oxygen atoms in total. The zero-order valence-corrected chi connectivity index (χ0v) is 10.3. The van der Waals surface area contributed by atoms with Crippen LogP contribution in [0.3, 0.4) is 0 Å². The maximum absolute atomic E-state index is 4.00. The summed E-state index contributed by atoms with van der Waals surface area (Å²) in [5.41, 5.74) is 3.29. The third kappa shape index (κ3) is 2.77. The summed E-state index contributed by atoms with van der Waals surface area (Å²) >= 11 is 0. The zero-order chi connectivity index (χ0) is 12.9. The predicted molar refractivity (Wildman–Crippen MR) is 72.9 cm³/mol. The minimum absolute atomic E-state index is 0.772. The Morgan fingerprint density at radius 3 is 2.58 bits per heavy atom. The summed E-state index contributed by atoms with van der Waals surface area (Å²) < 4.78 is 1.87. The average Bonchev–Trinajstić information content (AvgIpc) is 3.01. The van der Waals surface area contributed by atoms with Crippen molar-refractivity contribution in [3.8, 4) is 5.69 Å². The largest absolute Gasteiger partial charge is 0.381 e. The third-order valence-corrected chi connectivity index (χ3v) is 2.81. The van der Waals surface area contributed by atoms with Crippen LogP contribution >= 0.6 is 0 Å². The van der Waals surface area contributed by atoms with Crippen LogP contribution < -0.4 is 5.32 Å². The molecule has 0 aliphatic rings. The molecule has 0 spiro atoms. The van der Waals surface area contributed by atoms with E-state index in [9.17, 15) is 0 Å². The molecule has 0 unspecified atom stereocenters. The molecule has 3 rings (SSSR count). The molecule has 0 aliphatic heterocycles. The number of hydrogen-bond donors (Lipinski definition) is 1. The number of pyridine rings is 1. The third-order valence-electron chi connectivity index (χ3n) is 2.81. The van der Waals surface area contributed by atoms with E-state index in [-0.39, 0.29) is 0 Å². The first-order valence-electron chi connectivity index (χ1n) is 6.00. The summed E-state index contributed by atoms with van der Waals surface area (Å²) in [6.45, 7) is 0.772. The Kier molecular flexibility index (Phi) is 3.18. The van der Waals surface area contributed by atoms with Gasteiger partial charge in [-0.05, 0) is 35.9 Å². The van der Waals surface area contributed by atoms with Crippen LogP contribution in [-0.4, -0.2) is 19.7 Å². The maximum atomic E-state index is 4.00. The summed E-state index contributed by atoms with van der Waals surface area (Å²) in [7, 11) is 0. The molecule has 3 aromatic rings. The molecule has 1 aromatic carbocycles. The molecule has 5 heteroatoms. The Bertz CT molecular complexity index is 634. The lowest BCUT2D eigenvalue weighted by atomic mass is 10.2. The van der Waals surface area contributed by atoms with Crippen molar-refractivity contribution < 1.29 is 0 Å². The van der Waals surface area contributed by atoms with Gasteiger partial charge in [0.05, 0.1) is 5.69 Å². The summed E-state index contributed by atoms with van der Waals surface area (Å²) in [5.74, 6) is 0. The van der Waals surface area contributed by atoms with Gasteiger partial charge in [-0.3, -0.25) is 9.55 Å². The van der Waals surface area contributed by atoms with Crippen LogP contribution in [0.25, 0.3) is 5.69 Å². The molecule has 19 heavy (non-hydrogen) atoms. The predicted octanol–water partition coefficient (Wildman–Crippen LogP) is 2.27. The molecular weight excluding hydrogens is 238 g/mol. The van der Waals surface area contributed by atoms with Crippen molar-refractivity contribution in [1.82, 2.24) is 19.7 Å². The van der Waals surface area contributed by atoms with Gasteiger partial charge in [0.15, 0.2) is 0 Å². The van der Waals surface area contributed by atoms with Gasteiger partial charge in [-0.15, -0.1) is 10.2 Å². The van der Waals surface area contributed by atoms with Gasteiger partial charge in [-0.2, -0.15) is 0 Å². The second-order valence-electron chi connectivity index (χ2n) is 4.13. The number of aromatic nitrogens is 4. The molecule has 94 valence electrons. The second kappa shape index (κ2) is 5.30. The second-order valence-corrected chi connectivity index (χ2v) is 4.13. The molecule has 0 saturated carbocycles. The van der Waals surface area contributed by atoms with E-state index in [4.69, 9.17) is 0 Å². The van der Waals surface area contributed by atoms with Crippen LogP contribution in [0.5, 0.6) is 0 Å². The van der Waals surface area contributed by atoms with Crippen molar-refractivity contribution in [2.45, 2.75) is 6.54 Å². The van der Waals surface area contributed by atoms with Crippen molar-refractivity contribution >= 4 is 5.69 Å². The molecule has 0 atom stereocenters. The first kappa shape index (κ1) is 11.4. The van der Waals surface area contributed by atoms with Crippen molar-refractivity contribution in [3.63, 3.8) is 0 Å². The van der Waals surface area contributed by atoms with Crippen LogP contribution in [0.1, 0.15) is 5.56 Å². The maximum Gasteiger partial charge on any atom is 0.123 e. The highest BCUT2D eigenvalue weighted by atomic mass is 15.2. The summed E-state index contributed by atoms with van der Waals surface area (Å²) in [6.07, 6.45) is 6.96. The number of nitrogens with one attached hydrogen (secondary N) is 1. The molecule has 0 fully saturated rings. The smallest absolute Gasteiger partial charge is 0.123 e. The molecule has 0 bridgehead atoms. The van der Waals surface area contributed by atoms with Crippen LogP contribution in [-0.2, 0) is 6.54 Å². The molecule has 1 N–H and O–H groups in total. The number of hydrogen-bond acceptors (Lipinski definition) is 4. The van der Waals surface area contributed by atoms with Crippen molar-refractivity contribution in [2.24, 2.45) is 0 Å². The summed E-state index contributed by atoms with van der Waals surface area (Å²) in [5, 5.41) is 11.0. The van der Waals surface area contributed by atoms with Crippen molar-refractivity contribution in [3.05, 3.63) is 67.0 Å².